The second kappa shape index (κ2) is 13.0. The molecule has 176 valence electrons. The van der Waals surface area contributed by atoms with Crippen LogP contribution in [0.1, 0.15) is 51.5 Å². The van der Waals surface area contributed by atoms with Crippen LogP contribution in [0.4, 0.5) is 0 Å². The van der Waals surface area contributed by atoms with Crippen molar-refractivity contribution in [3.63, 3.8) is 0 Å². The minimum atomic E-state index is -3.42. The Morgan fingerprint density at radius 2 is 1.87 bits per heavy atom. The van der Waals surface area contributed by atoms with Crippen molar-refractivity contribution >= 4 is 40.0 Å². The van der Waals surface area contributed by atoms with Crippen LogP contribution in [0.2, 0.25) is 0 Å². The molecule has 9 heteroatoms. The molecule has 0 bridgehead atoms. The van der Waals surface area contributed by atoms with Crippen LogP contribution in [0.3, 0.4) is 0 Å². The van der Waals surface area contributed by atoms with Gasteiger partial charge in [-0.1, -0.05) is 25.5 Å². The molecular formula is C22H38IN5O2S. The minimum absolute atomic E-state index is 0. The average molecular weight is 564 g/mol. The molecule has 2 N–H and O–H groups in total. The summed E-state index contributed by atoms with van der Waals surface area (Å²) in [5.74, 6) is 0.782. The first kappa shape index (κ1) is 26.3. The molecule has 2 aliphatic rings. The smallest absolute Gasteiger partial charge is 0.243 e. The van der Waals surface area contributed by atoms with Crippen molar-refractivity contribution in [2.75, 3.05) is 39.3 Å². The number of nitrogens with zero attached hydrogens (tertiary/aromatic N) is 3. The predicted octanol–water partition coefficient (Wildman–Crippen LogP) is 3.02. The van der Waals surface area contributed by atoms with E-state index in [0.717, 1.165) is 50.4 Å². The van der Waals surface area contributed by atoms with E-state index >= 15 is 0 Å². The van der Waals surface area contributed by atoms with E-state index in [4.69, 9.17) is 4.99 Å². The number of sulfonamides is 1. The fourth-order valence-electron chi connectivity index (χ4n) is 4.33. The highest BCUT2D eigenvalue weighted by atomic mass is 127. The molecule has 2 aliphatic heterocycles. The number of benzene rings is 1. The average Bonchev–Trinajstić information content (AvgIpc) is 3.24. The number of nitrogens with one attached hydrogen (secondary N) is 2. The molecule has 2 heterocycles. The lowest BCUT2D eigenvalue weighted by molar-refractivity contribution is 0.267. The standard InChI is InChI=1S/C22H37N5O2S.HI/c1-3-23-22(25-18-20-11-9-13-26(20)4-2)24-17-19-10-8-12-21(16-19)30(28,29)27-14-6-5-7-15-27;/h8,10,12,16,20H,3-7,9,11,13-15,17-18H2,1-2H3,(H2,23,24,25);1H. The molecule has 2 saturated heterocycles. The third-order valence-corrected chi connectivity index (χ3v) is 7.92. The van der Waals surface area contributed by atoms with Crippen LogP contribution in [-0.2, 0) is 16.6 Å². The van der Waals surface area contributed by atoms with Gasteiger partial charge in [0.25, 0.3) is 0 Å². The Bertz CT molecular complexity index is 812. The molecule has 1 atom stereocenters. The lowest BCUT2D eigenvalue weighted by Crippen LogP contribution is -2.44. The van der Waals surface area contributed by atoms with Gasteiger partial charge in [0.05, 0.1) is 11.4 Å². The van der Waals surface area contributed by atoms with Crippen LogP contribution >= 0.6 is 24.0 Å². The molecule has 1 aromatic rings. The molecule has 7 nitrogen and oxygen atoms in total. The first-order chi connectivity index (χ1) is 14.5. The van der Waals surface area contributed by atoms with E-state index in [9.17, 15) is 8.42 Å². The van der Waals surface area contributed by atoms with Crippen LogP contribution in [-0.4, -0.2) is 68.9 Å². The molecule has 2 fully saturated rings. The van der Waals surface area contributed by atoms with Crippen molar-refractivity contribution < 1.29 is 8.42 Å². The third-order valence-electron chi connectivity index (χ3n) is 6.03. The van der Waals surface area contributed by atoms with Gasteiger partial charge in [-0.25, -0.2) is 13.4 Å². The van der Waals surface area contributed by atoms with Crippen molar-refractivity contribution in [2.45, 2.75) is 63.4 Å². The summed E-state index contributed by atoms with van der Waals surface area (Å²) in [7, 11) is -3.42. The summed E-state index contributed by atoms with van der Waals surface area (Å²) in [4.78, 5) is 7.58. The van der Waals surface area contributed by atoms with E-state index in [0.29, 0.717) is 30.6 Å². The number of hydrogen-bond donors (Lipinski definition) is 2. The lowest BCUT2D eigenvalue weighted by atomic mass is 10.2. The van der Waals surface area contributed by atoms with Gasteiger partial charge < -0.3 is 10.6 Å². The summed E-state index contributed by atoms with van der Waals surface area (Å²) in [6, 6.07) is 7.78. The van der Waals surface area contributed by atoms with Gasteiger partial charge in [-0.3, -0.25) is 4.90 Å². The lowest BCUT2D eigenvalue weighted by Gasteiger charge is -2.26. The second-order valence-electron chi connectivity index (χ2n) is 8.11. The number of likely N-dealkylation sites (tertiary alicyclic amines) is 1. The SMILES string of the molecule is CCNC(=NCc1cccc(S(=O)(=O)N2CCCCC2)c1)NCC1CCCN1CC.I. The maximum absolute atomic E-state index is 12.9. The van der Waals surface area contributed by atoms with Crippen LogP contribution in [0, 0.1) is 0 Å². The highest BCUT2D eigenvalue weighted by Gasteiger charge is 2.26. The van der Waals surface area contributed by atoms with Crippen molar-refractivity contribution in [2.24, 2.45) is 4.99 Å². The Morgan fingerprint density at radius 1 is 1.10 bits per heavy atom. The number of guanidine groups is 1. The number of hydrogen-bond acceptors (Lipinski definition) is 4. The van der Waals surface area contributed by atoms with E-state index in [-0.39, 0.29) is 24.0 Å². The maximum atomic E-state index is 12.9. The molecule has 0 spiro atoms. The van der Waals surface area contributed by atoms with E-state index in [1.54, 1.807) is 16.4 Å². The first-order valence-electron chi connectivity index (χ1n) is 11.4. The summed E-state index contributed by atoms with van der Waals surface area (Å²) < 4.78 is 27.5. The molecule has 0 saturated carbocycles. The number of aliphatic imine (C=N–C) groups is 1. The predicted molar refractivity (Wildman–Crippen MR) is 138 cm³/mol. The van der Waals surface area contributed by atoms with Crippen molar-refractivity contribution in [1.82, 2.24) is 19.8 Å². The van der Waals surface area contributed by atoms with E-state index in [1.165, 1.54) is 19.4 Å². The molecule has 3 rings (SSSR count). The van der Waals surface area contributed by atoms with Crippen molar-refractivity contribution in [3.05, 3.63) is 29.8 Å². The van der Waals surface area contributed by atoms with E-state index in [1.807, 2.05) is 12.1 Å². The Kier molecular flexibility index (Phi) is 11.0. The summed E-state index contributed by atoms with van der Waals surface area (Å²) >= 11 is 0. The maximum Gasteiger partial charge on any atom is 0.243 e. The molecule has 0 radical (unpaired) electrons. The molecule has 0 amide bonds. The molecule has 1 unspecified atom stereocenters. The molecular weight excluding hydrogens is 525 g/mol. The van der Waals surface area contributed by atoms with Gasteiger partial charge in [-0.05, 0) is 63.4 Å². The molecule has 1 aromatic carbocycles. The van der Waals surface area contributed by atoms with Crippen LogP contribution < -0.4 is 10.6 Å². The largest absolute Gasteiger partial charge is 0.357 e. The van der Waals surface area contributed by atoms with Crippen molar-refractivity contribution in [1.29, 1.82) is 0 Å². The van der Waals surface area contributed by atoms with Gasteiger partial charge in [0.15, 0.2) is 5.96 Å². The normalized spacial score (nSPS) is 21.0. The zero-order valence-electron chi connectivity index (χ0n) is 18.8. The van der Waals surface area contributed by atoms with E-state index in [2.05, 4.69) is 29.4 Å². The van der Waals surface area contributed by atoms with Crippen molar-refractivity contribution in [3.8, 4) is 0 Å². The zero-order valence-corrected chi connectivity index (χ0v) is 22.0. The number of rotatable bonds is 8. The Balaban J connectivity index is 0.00000341. The monoisotopic (exact) mass is 563 g/mol. The van der Waals surface area contributed by atoms with Crippen LogP contribution in [0.25, 0.3) is 0 Å². The van der Waals surface area contributed by atoms with Gasteiger partial charge in [0.1, 0.15) is 0 Å². The van der Waals surface area contributed by atoms with E-state index < -0.39 is 10.0 Å². The first-order valence-corrected chi connectivity index (χ1v) is 12.8. The number of halogens is 1. The highest BCUT2D eigenvalue weighted by Crippen LogP contribution is 2.21. The van der Waals surface area contributed by atoms with Crippen LogP contribution in [0.5, 0.6) is 0 Å². The Morgan fingerprint density at radius 3 is 2.58 bits per heavy atom. The van der Waals surface area contributed by atoms with Gasteiger partial charge in [-0.2, -0.15) is 4.31 Å². The number of likely N-dealkylation sites (N-methyl/N-ethyl adjacent to an activating group) is 1. The van der Waals surface area contributed by atoms with Gasteiger partial charge in [-0.15, -0.1) is 24.0 Å². The minimum Gasteiger partial charge on any atom is -0.357 e. The fourth-order valence-corrected chi connectivity index (χ4v) is 5.92. The summed E-state index contributed by atoms with van der Waals surface area (Å²) in [5.41, 5.74) is 0.904. The summed E-state index contributed by atoms with van der Waals surface area (Å²) in [5, 5.41) is 6.76. The highest BCUT2D eigenvalue weighted by molar-refractivity contribution is 14.0. The molecule has 0 aromatic heterocycles. The fraction of sp³-hybridized carbons (Fsp3) is 0.682. The number of piperidine rings is 1. The third kappa shape index (κ3) is 7.30. The zero-order chi connectivity index (χ0) is 21.4. The quantitative estimate of drug-likeness (QED) is 0.289. The summed E-state index contributed by atoms with van der Waals surface area (Å²) in [6.07, 6.45) is 5.47. The molecule has 0 aliphatic carbocycles. The topological polar surface area (TPSA) is 77.0 Å². The van der Waals surface area contributed by atoms with Gasteiger partial charge in [0.2, 0.25) is 10.0 Å². The molecule has 31 heavy (non-hydrogen) atoms. The van der Waals surface area contributed by atoms with Gasteiger partial charge >= 0.3 is 0 Å². The summed E-state index contributed by atoms with van der Waals surface area (Å²) in [6.45, 7) is 9.87. The van der Waals surface area contributed by atoms with Crippen LogP contribution in [0.15, 0.2) is 34.2 Å². The second-order valence-corrected chi connectivity index (χ2v) is 10.1. The Labute approximate surface area is 205 Å². The Hall–Kier alpha value is -0.910. The van der Waals surface area contributed by atoms with Gasteiger partial charge in [0, 0.05) is 32.2 Å².